The van der Waals surface area contributed by atoms with Crippen molar-refractivity contribution in [2.75, 3.05) is 0 Å². The Morgan fingerprint density at radius 3 is 1.62 bits per heavy atom. The summed E-state index contributed by atoms with van der Waals surface area (Å²) in [4.78, 5) is 0. The van der Waals surface area contributed by atoms with Crippen LogP contribution in [0.5, 0.6) is 0 Å². The summed E-state index contributed by atoms with van der Waals surface area (Å²) in [5.74, 6) is 4.59. The van der Waals surface area contributed by atoms with E-state index < -0.39 is 0 Å². The Morgan fingerprint density at radius 1 is 0.708 bits per heavy atom. The van der Waals surface area contributed by atoms with Crippen molar-refractivity contribution >= 4 is 0 Å². The van der Waals surface area contributed by atoms with E-state index in [4.69, 9.17) is 0 Å². The molecule has 0 radical (unpaired) electrons. The summed E-state index contributed by atoms with van der Waals surface area (Å²) >= 11 is 0. The summed E-state index contributed by atoms with van der Waals surface area (Å²) in [6.07, 6.45) is 19.2. The second-order valence-electron chi connectivity index (χ2n) is 9.42. The van der Waals surface area contributed by atoms with E-state index in [0.29, 0.717) is 5.92 Å². The summed E-state index contributed by atoms with van der Waals surface area (Å²) in [5, 5.41) is 10.0. The molecule has 0 heterocycles. The van der Waals surface area contributed by atoms with Gasteiger partial charge in [-0.2, -0.15) is 5.26 Å². The molecule has 0 amide bonds. The predicted octanol–water partition coefficient (Wildman–Crippen LogP) is 7.12. The molecule has 3 saturated carbocycles. The molecule has 136 valence electrons. The van der Waals surface area contributed by atoms with Crippen molar-refractivity contribution in [3.05, 3.63) is 0 Å². The fraction of sp³-hybridized carbons (Fsp3) is 0.957. The summed E-state index contributed by atoms with van der Waals surface area (Å²) in [6, 6.07) is 2.86. The molecule has 0 atom stereocenters. The van der Waals surface area contributed by atoms with Gasteiger partial charge in [-0.3, -0.25) is 0 Å². The lowest BCUT2D eigenvalue weighted by atomic mass is 9.58. The van der Waals surface area contributed by atoms with E-state index in [-0.39, 0.29) is 5.41 Å². The van der Waals surface area contributed by atoms with Gasteiger partial charge in [0.05, 0.1) is 11.5 Å². The van der Waals surface area contributed by atoms with Crippen LogP contribution in [0.3, 0.4) is 0 Å². The average molecular weight is 330 g/mol. The SMILES string of the molecule is CCC1CCC(C2CCC(C#N)(C3CCC(CC)CC3)CC2)CC1. The highest BCUT2D eigenvalue weighted by atomic mass is 14.5. The van der Waals surface area contributed by atoms with Crippen molar-refractivity contribution < 1.29 is 0 Å². The first-order valence-electron chi connectivity index (χ1n) is 11.1. The molecule has 3 aliphatic rings. The third-order valence-electron chi connectivity index (χ3n) is 8.49. The Labute approximate surface area is 150 Å². The van der Waals surface area contributed by atoms with Crippen LogP contribution < -0.4 is 0 Å². The van der Waals surface area contributed by atoms with Gasteiger partial charge >= 0.3 is 0 Å². The van der Waals surface area contributed by atoms with Gasteiger partial charge in [0.25, 0.3) is 0 Å². The Morgan fingerprint density at radius 2 is 1.17 bits per heavy atom. The number of rotatable bonds is 4. The summed E-state index contributed by atoms with van der Waals surface area (Å²) in [6.45, 7) is 4.70. The first-order valence-corrected chi connectivity index (χ1v) is 11.1. The monoisotopic (exact) mass is 329 g/mol. The molecule has 0 saturated heterocycles. The second-order valence-corrected chi connectivity index (χ2v) is 9.42. The van der Waals surface area contributed by atoms with Crippen molar-refractivity contribution in [1.29, 1.82) is 5.26 Å². The lowest BCUT2D eigenvalue weighted by Gasteiger charge is -2.45. The van der Waals surface area contributed by atoms with E-state index in [9.17, 15) is 5.26 Å². The van der Waals surface area contributed by atoms with Crippen molar-refractivity contribution in [3.63, 3.8) is 0 Å². The molecule has 0 aromatic carbocycles. The lowest BCUT2D eigenvalue weighted by molar-refractivity contribution is 0.0612. The summed E-state index contributed by atoms with van der Waals surface area (Å²) in [7, 11) is 0. The van der Waals surface area contributed by atoms with Crippen LogP contribution in [0, 0.1) is 46.3 Å². The Kier molecular flexibility index (Phi) is 6.28. The molecule has 0 aromatic rings. The molecule has 0 aliphatic heterocycles. The number of nitriles is 1. The summed E-state index contributed by atoms with van der Waals surface area (Å²) in [5.41, 5.74) is 0.0514. The average Bonchev–Trinajstić information content (AvgIpc) is 2.68. The standard InChI is InChI=1S/C23H39N/c1-3-18-5-9-20(10-6-18)21-13-15-23(17-24,16-14-21)22-11-7-19(4-2)8-12-22/h18-22H,3-16H2,1-2H3. The van der Waals surface area contributed by atoms with Crippen LogP contribution in [-0.4, -0.2) is 0 Å². The third-order valence-corrected chi connectivity index (χ3v) is 8.49. The topological polar surface area (TPSA) is 23.8 Å². The molecule has 3 aliphatic carbocycles. The van der Waals surface area contributed by atoms with Crippen LogP contribution in [0.2, 0.25) is 0 Å². The molecule has 0 spiro atoms. The zero-order valence-electron chi connectivity index (χ0n) is 16.2. The molecule has 0 N–H and O–H groups in total. The minimum Gasteiger partial charge on any atom is -0.198 e. The van der Waals surface area contributed by atoms with Crippen LogP contribution in [-0.2, 0) is 0 Å². The van der Waals surface area contributed by atoms with Gasteiger partial charge < -0.3 is 0 Å². The minimum absolute atomic E-state index is 0.0514. The Bertz CT molecular complexity index is 410. The molecule has 0 bridgehead atoms. The van der Waals surface area contributed by atoms with Crippen molar-refractivity contribution in [1.82, 2.24) is 0 Å². The maximum Gasteiger partial charge on any atom is 0.0692 e. The second kappa shape index (κ2) is 8.25. The highest BCUT2D eigenvalue weighted by Crippen LogP contribution is 2.52. The van der Waals surface area contributed by atoms with E-state index in [2.05, 4.69) is 19.9 Å². The van der Waals surface area contributed by atoms with Crippen LogP contribution in [0.15, 0.2) is 0 Å². The van der Waals surface area contributed by atoms with Gasteiger partial charge in [-0.15, -0.1) is 0 Å². The van der Waals surface area contributed by atoms with Crippen LogP contribution in [0.25, 0.3) is 0 Å². The molecule has 3 rings (SSSR count). The van der Waals surface area contributed by atoms with Crippen LogP contribution in [0.4, 0.5) is 0 Å². The maximum atomic E-state index is 10.0. The molecule has 3 fully saturated rings. The van der Waals surface area contributed by atoms with E-state index in [1.165, 1.54) is 89.9 Å². The molecule has 1 heteroatoms. The fourth-order valence-corrected chi connectivity index (χ4v) is 6.43. The highest BCUT2D eigenvalue weighted by molar-refractivity contribution is 5.06. The minimum atomic E-state index is 0.0514. The van der Waals surface area contributed by atoms with E-state index in [0.717, 1.165) is 23.7 Å². The fourth-order valence-electron chi connectivity index (χ4n) is 6.43. The van der Waals surface area contributed by atoms with Crippen molar-refractivity contribution in [2.24, 2.45) is 35.0 Å². The Balaban J connectivity index is 1.52. The van der Waals surface area contributed by atoms with Gasteiger partial charge in [-0.25, -0.2) is 0 Å². The lowest BCUT2D eigenvalue weighted by Crippen LogP contribution is -2.37. The predicted molar refractivity (Wildman–Crippen MR) is 101 cm³/mol. The van der Waals surface area contributed by atoms with Crippen LogP contribution >= 0.6 is 0 Å². The zero-order chi connectivity index (χ0) is 17.0. The molecular weight excluding hydrogens is 290 g/mol. The Hall–Kier alpha value is -0.510. The quantitative estimate of drug-likeness (QED) is 0.538. The largest absolute Gasteiger partial charge is 0.198 e. The maximum absolute atomic E-state index is 10.0. The van der Waals surface area contributed by atoms with E-state index in [1.54, 1.807) is 0 Å². The van der Waals surface area contributed by atoms with Gasteiger partial charge in [-0.05, 0) is 81.0 Å². The van der Waals surface area contributed by atoms with E-state index >= 15 is 0 Å². The van der Waals surface area contributed by atoms with Crippen molar-refractivity contribution in [3.8, 4) is 6.07 Å². The smallest absolute Gasteiger partial charge is 0.0692 e. The van der Waals surface area contributed by atoms with Gasteiger partial charge in [0.2, 0.25) is 0 Å². The van der Waals surface area contributed by atoms with Gasteiger partial charge in [0.15, 0.2) is 0 Å². The molecular formula is C23H39N. The normalized spacial score (nSPS) is 44.0. The molecule has 0 aromatic heterocycles. The van der Waals surface area contributed by atoms with Gasteiger partial charge in [-0.1, -0.05) is 52.4 Å². The number of hydrogen-bond donors (Lipinski definition) is 0. The third kappa shape index (κ3) is 3.84. The summed E-state index contributed by atoms with van der Waals surface area (Å²) < 4.78 is 0. The van der Waals surface area contributed by atoms with Crippen LogP contribution in [0.1, 0.15) is 104 Å². The number of nitrogens with zero attached hydrogens (tertiary/aromatic N) is 1. The van der Waals surface area contributed by atoms with Gasteiger partial charge in [0, 0.05) is 0 Å². The zero-order valence-corrected chi connectivity index (χ0v) is 16.2. The first kappa shape index (κ1) is 18.3. The van der Waals surface area contributed by atoms with Gasteiger partial charge in [0.1, 0.15) is 0 Å². The molecule has 1 nitrogen and oxygen atoms in total. The first-order chi connectivity index (χ1) is 11.7. The molecule has 0 unspecified atom stereocenters. The number of hydrogen-bond acceptors (Lipinski definition) is 1. The van der Waals surface area contributed by atoms with E-state index in [1.807, 2.05) is 0 Å². The molecule has 24 heavy (non-hydrogen) atoms. The van der Waals surface area contributed by atoms with Crippen molar-refractivity contribution in [2.45, 2.75) is 104 Å². The highest BCUT2D eigenvalue weighted by Gasteiger charge is 2.44.